The lowest BCUT2D eigenvalue weighted by Crippen LogP contribution is -2.40. The number of amides is 1. The first-order chi connectivity index (χ1) is 13.7. The Morgan fingerprint density at radius 3 is 2.43 bits per heavy atom. The van der Waals surface area contributed by atoms with Gasteiger partial charge in [-0.15, -0.1) is 0 Å². The van der Waals surface area contributed by atoms with Gasteiger partial charge >= 0.3 is 0 Å². The van der Waals surface area contributed by atoms with Gasteiger partial charge < -0.3 is 15.5 Å². The Hall–Kier alpha value is -2.40. The highest BCUT2D eigenvalue weighted by Crippen LogP contribution is 2.28. The van der Waals surface area contributed by atoms with Crippen LogP contribution in [0.15, 0.2) is 48.7 Å². The maximum atomic E-state index is 13.0. The predicted molar refractivity (Wildman–Crippen MR) is 113 cm³/mol. The minimum Gasteiger partial charge on any atom is -0.357 e. The van der Waals surface area contributed by atoms with E-state index in [1.54, 1.807) is 6.20 Å². The number of carbonyl (C=O) groups is 1. The number of aromatic nitrogens is 1. The summed E-state index contributed by atoms with van der Waals surface area (Å²) < 4.78 is 0. The number of benzene rings is 1. The van der Waals surface area contributed by atoms with Crippen molar-refractivity contribution in [1.29, 1.82) is 0 Å². The molecular formula is C23H30N4O. The van der Waals surface area contributed by atoms with Crippen LogP contribution in [0, 0.1) is 0 Å². The van der Waals surface area contributed by atoms with E-state index in [0.717, 1.165) is 64.1 Å². The van der Waals surface area contributed by atoms with Gasteiger partial charge in [-0.1, -0.05) is 30.3 Å². The summed E-state index contributed by atoms with van der Waals surface area (Å²) >= 11 is 0. The molecular weight excluding hydrogens is 348 g/mol. The van der Waals surface area contributed by atoms with E-state index in [-0.39, 0.29) is 5.91 Å². The fourth-order valence-electron chi connectivity index (χ4n) is 4.37. The number of piperidine rings is 1. The van der Waals surface area contributed by atoms with Crippen LogP contribution in [-0.4, -0.2) is 48.0 Å². The van der Waals surface area contributed by atoms with Gasteiger partial charge in [-0.25, -0.2) is 4.98 Å². The third kappa shape index (κ3) is 4.36. The molecule has 2 aliphatic rings. The van der Waals surface area contributed by atoms with Crippen LogP contribution in [0.2, 0.25) is 0 Å². The Morgan fingerprint density at radius 1 is 0.929 bits per heavy atom. The van der Waals surface area contributed by atoms with Crippen LogP contribution in [-0.2, 0) is 0 Å². The minimum atomic E-state index is 0.105. The zero-order valence-corrected chi connectivity index (χ0v) is 16.5. The fourth-order valence-corrected chi connectivity index (χ4v) is 4.37. The van der Waals surface area contributed by atoms with Gasteiger partial charge in [0.1, 0.15) is 5.82 Å². The molecule has 1 aromatic heterocycles. The summed E-state index contributed by atoms with van der Waals surface area (Å²) in [5.74, 6) is 1.60. The van der Waals surface area contributed by atoms with Gasteiger partial charge in [0.05, 0.1) is 5.56 Å². The highest BCUT2D eigenvalue weighted by molar-refractivity contribution is 5.94. The summed E-state index contributed by atoms with van der Waals surface area (Å²) in [4.78, 5) is 21.8. The van der Waals surface area contributed by atoms with Gasteiger partial charge in [-0.2, -0.15) is 0 Å². The molecule has 1 unspecified atom stereocenters. The molecule has 5 heteroatoms. The first kappa shape index (κ1) is 18.9. The zero-order chi connectivity index (χ0) is 19.3. The van der Waals surface area contributed by atoms with Crippen LogP contribution < -0.4 is 10.6 Å². The minimum absolute atomic E-state index is 0.105. The van der Waals surface area contributed by atoms with Gasteiger partial charge in [0.2, 0.25) is 0 Å². The first-order valence-electron chi connectivity index (χ1n) is 10.5. The molecule has 1 aromatic carbocycles. The van der Waals surface area contributed by atoms with Gasteiger partial charge in [0.25, 0.3) is 5.91 Å². The van der Waals surface area contributed by atoms with Gasteiger partial charge in [-0.3, -0.25) is 4.79 Å². The topological polar surface area (TPSA) is 62.5 Å². The lowest BCUT2D eigenvalue weighted by Gasteiger charge is -2.31. The second-order valence-corrected chi connectivity index (χ2v) is 8.06. The maximum absolute atomic E-state index is 13.0. The molecule has 2 N–H and O–H groups in total. The van der Waals surface area contributed by atoms with Crippen molar-refractivity contribution < 1.29 is 4.79 Å². The van der Waals surface area contributed by atoms with E-state index in [1.807, 2.05) is 17.0 Å². The van der Waals surface area contributed by atoms with Gasteiger partial charge in [0, 0.05) is 38.4 Å². The van der Waals surface area contributed by atoms with Crippen LogP contribution in [0.3, 0.4) is 0 Å². The molecule has 1 amide bonds. The average Bonchev–Trinajstić information content (AvgIpc) is 3.01. The van der Waals surface area contributed by atoms with Crippen molar-refractivity contribution in [2.24, 2.45) is 5.73 Å². The van der Waals surface area contributed by atoms with E-state index in [0.29, 0.717) is 17.5 Å². The number of hydrogen-bond donors (Lipinski definition) is 1. The highest BCUT2D eigenvalue weighted by Gasteiger charge is 2.23. The lowest BCUT2D eigenvalue weighted by molar-refractivity contribution is 0.0760. The Balaban J connectivity index is 1.37. The molecule has 0 aliphatic carbocycles. The van der Waals surface area contributed by atoms with Gasteiger partial charge in [0.15, 0.2) is 0 Å². The number of hydrogen-bond acceptors (Lipinski definition) is 4. The standard InChI is InChI=1S/C23H30N4O/c24-21-11-15-26(16-12-21)22-9-8-20(17-25-22)23(28)27-13-4-7-19(10-14-27)18-5-2-1-3-6-18/h1-3,5-6,8-9,17,19,21H,4,7,10-16,24H2. The van der Waals surface area contributed by atoms with Crippen molar-refractivity contribution in [3.05, 3.63) is 59.8 Å². The predicted octanol–water partition coefficient (Wildman–Crippen LogP) is 3.42. The van der Waals surface area contributed by atoms with E-state index in [1.165, 1.54) is 5.56 Å². The van der Waals surface area contributed by atoms with Crippen LogP contribution in [0.25, 0.3) is 0 Å². The summed E-state index contributed by atoms with van der Waals surface area (Å²) in [5, 5.41) is 0. The van der Waals surface area contributed by atoms with Crippen LogP contribution >= 0.6 is 0 Å². The second kappa shape index (κ2) is 8.74. The molecule has 2 saturated heterocycles. The number of rotatable bonds is 3. The summed E-state index contributed by atoms with van der Waals surface area (Å²) in [5.41, 5.74) is 8.07. The van der Waals surface area contributed by atoms with Crippen molar-refractivity contribution in [2.45, 2.75) is 44.1 Å². The van der Waals surface area contributed by atoms with E-state index >= 15 is 0 Å². The van der Waals surface area contributed by atoms with Crippen molar-refractivity contribution in [3.8, 4) is 0 Å². The van der Waals surface area contributed by atoms with E-state index in [4.69, 9.17) is 5.73 Å². The summed E-state index contributed by atoms with van der Waals surface area (Å²) in [6.45, 7) is 3.51. The Bertz CT molecular complexity index is 769. The third-order valence-corrected chi connectivity index (χ3v) is 6.14. The normalized spacial score (nSPS) is 21.4. The summed E-state index contributed by atoms with van der Waals surface area (Å²) in [6, 6.07) is 14.9. The molecule has 3 heterocycles. The average molecular weight is 379 g/mol. The smallest absolute Gasteiger partial charge is 0.255 e. The molecule has 0 bridgehead atoms. The number of anilines is 1. The summed E-state index contributed by atoms with van der Waals surface area (Å²) in [6.07, 6.45) is 6.95. The Kier molecular flexibility index (Phi) is 5.91. The molecule has 0 saturated carbocycles. The number of nitrogens with two attached hydrogens (primary N) is 1. The molecule has 28 heavy (non-hydrogen) atoms. The molecule has 0 radical (unpaired) electrons. The van der Waals surface area contributed by atoms with E-state index < -0.39 is 0 Å². The molecule has 1 atom stereocenters. The Morgan fingerprint density at radius 2 is 1.71 bits per heavy atom. The van der Waals surface area contributed by atoms with Crippen molar-refractivity contribution in [2.75, 3.05) is 31.1 Å². The third-order valence-electron chi connectivity index (χ3n) is 6.14. The molecule has 2 aromatic rings. The molecule has 0 spiro atoms. The quantitative estimate of drug-likeness (QED) is 0.889. The monoisotopic (exact) mass is 378 g/mol. The van der Waals surface area contributed by atoms with Gasteiger partial charge in [-0.05, 0) is 55.7 Å². The molecule has 4 rings (SSSR count). The number of likely N-dealkylation sites (tertiary alicyclic amines) is 1. The van der Waals surface area contributed by atoms with E-state index in [9.17, 15) is 4.79 Å². The number of nitrogens with zero attached hydrogens (tertiary/aromatic N) is 3. The van der Waals surface area contributed by atoms with Crippen molar-refractivity contribution in [3.63, 3.8) is 0 Å². The van der Waals surface area contributed by atoms with Crippen LogP contribution in [0.5, 0.6) is 0 Å². The number of pyridine rings is 1. The largest absolute Gasteiger partial charge is 0.357 e. The fraction of sp³-hybridized carbons (Fsp3) is 0.478. The lowest BCUT2D eigenvalue weighted by atomic mass is 9.92. The zero-order valence-electron chi connectivity index (χ0n) is 16.5. The molecule has 2 fully saturated rings. The van der Waals surface area contributed by atoms with Crippen molar-refractivity contribution >= 4 is 11.7 Å². The summed E-state index contributed by atoms with van der Waals surface area (Å²) in [7, 11) is 0. The number of carbonyl (C=O) groups excluding carboxylic acids is 1. The highest BCUT2D eigenvalue weighted by atomic mass is 16.2. The van der Waals surface area contributed by atoms with E-state index in [2.05, 4.69) is 40.2 Å². The molecule has 2 aliphatic heterocycles. The molecule has 148 valence electrons. The SMILES string of the molecule is NC1CCN(c2ccc(C(=O)N3CCCC(c4ccccc4)CC3)cn2)CC1. The first-order valence-corrected chi connectivity index (χ1v) is 10.5. The maximum Gasteiger partial charge on any atom is 0.255 e. The van der Waals surface area contributed by atoms with Crippen LogP contribution in [0.1, 0.15) is 53.9 Å². The van der Waals surface area contributed by atoms with Crippen molar-refractivity contribution in [1.82, 2.24) is 9.88 Å². The molecule has 5 nitrogen and oxygen atoms in total. The second-order valence-electron chi connectivity index (χ2n) is 8.06. The van der Waals surface area contributed by atoms with Crippen LogP contribution in [0.4, 0.5) is 5.82 Å². The Labute approximate surface area is 167 Å².